The second-order valence-corrected chi connectivity index (χ2v) is 4.32. The Bertz CT molecular complexity index is 256. The fourth-order valence-corrected chi connectivity index (χ4v) is 1.07. The predicted molar refractivity (Wildman–Crippen MR) is 72.4 cm³/mol. The first-order valence-electron chi connectivity index (χ1n) is 6.02. The number of hydrogen-bond acceptors (Lipinski definition) is 1. The summed E-state index contributed by atoms with van der Waals surface area (Å²) in [6, 6.07) is 0. The summed E-state index contributed by atoms with van der Waals surface area (Å²) >= 11 is 0. The van der Waals surface area contributed by atoms with Gasteiger partial charge >= 0.3 is 0 Å². The van der Waals surface area contributed by atoms with Crippen molar-refractivity contribution < 1.29 is 0 Å². The molecule has 0 aliphatic rings. The first-order valence-corrected chi connectivity index (χ1v) is 6.02. The molecule has 0 saturated heterocycles. The molecule has 0 fully saturated rings. The van der Waals surface area contributed by atoms with E-state index in [0.717, 1.165) is 25.0 Å². The van der Waals surface area contributed by atoms with Crippen LogP contribution in [0.3, 0.4) is 0 Å². The first kappa shape index (κ1) is 14.9. The average Bonchev–Trinajstić information content (AvgIpc) is 2.31. The Kier molecular flexibility index (Phi) is 7.52. The van der Waals surface area contributed by atoms with Crippen LogP contribution in [0, 0.1) is 11.3 Å². The maximum Gasteiger partial charge on any atom is 0.217 e. The van der Waals surface area contributed by atoms with Crippen molar-refractivity contribution >= 4 is 12.2 Å². The molecule has 0 amide bonds. The van der Waals surface area contributed by atoms with E-state index in [1.807, 2.05) is 18.9 Å². The Morgan fingerprint density at radius 2 is 2.12 bits per heavy atom. The van der Waals surface area contributed by atoms with Gasteiger partial charge < -0.3 is 4.90 Å². The van der Waals surface area contributed by atoms with Crippen molar-refractivity contribution in [3.05, 3.63) is 12.2 Å². The lowest BCUT2D eigenvalue weighted by molar-refractivity contribution is 0.409. The number of nitrogens with zero attached hydrogens (tertiary/aromatic N) is 2. The molecule has 0 aliphatic carbocycles. The third-order valence-corrected chi connectivity index (χ3v) is 2.84. The van der Waals surface area contributed by atoms with E-state index in [0.29, 0.717) is 11.9 Å². The van der Waals surface area contributed by atoms with Gasteiger partial charge in [-0.2, -0.15) is 0 Å². The van der Waals surface area contributed by atoms with Crippen molar-refractivity contribution in [2.24, 2.45) is 10.9 Å². The molecule has 1 unspecified atom stereocenters. The molecule has 0 bridgehead atoms. The van der Waals surface area contributed by atoms with E-state index in [2.05, 4.69) is 25.4 Å². The summed E-state index contributed by atoms with van der Waals surface area (Å²) in [7, 11) is 1.91. The van der Waals surface area contributed by atoms with Crippen LogP contribution < -0.4 is 0 Å². The van der Waals surface area contributed by atoms with E-state index in [-0.39, 0.29) is 0 Å². The zero-order valence-electron chi connectivity index (χ0n) is 11.1. The fraction of sp³-hybridized carbons (Fsp3) is 0.692. The van der Waals surface area contributed by atoms with E-state index in [4.69, 9.17) is 5.41 Å². The largest absolute Gasteiger partial charge is 0.344 e. The van der Waals surface area contributed by atoms with Crippen molar-refractivity contribution in [2.45, 2.75) is 40.0 Å². The molecule has 0 saturated carbocycles. The zero-order valence-corrected chi connectivity index (χ0v) is 11.1. The Labute approximate surface area is 99.8 Å². The highest BCUT2D eigenvalue weighted by molar-refractivity contribution is 5.91. The Hall–Kier alpha value is -1.12. The highest BCUT2D eigenvalue weighted by Crippen LogP contribution is 2.07. The summed E-state index contributed by atoms with van der Waals surface area (Å²) < 4.78 is 0. The van der Waals surface area contributed by atoms with Gasteiger partial charge in [-0.1, -0.05) is 33.8 Å². The number of allylic oxidation sites excluding steroid dienone is 1. The van der Waals surface area contributed by atoms with Gasteiger partial charge in [-0.3, -0.25) is 5.41 Å². The summed E-state index contributed by atoms with van der Waals surface area (Å²) in [5.74, 6) is 1.03. The molecular formula is C13H25N3. The van der Waals surface area contributed by atoms with Crippen molar-refractivity contribution in [3.63, 3.8) is 0 Å². The molecule has 0 radical (unpaired) electrons. The second kappa shape index (κ2) is 8.08. The number of aliphatic imine (C=N–C) groups is 1. The van der Waals surface area contributed by atoms with Gasteiger partial charge in [-0.15, -0.1) is 0 Å². The van der Waals surface area contributed by atoms with E-state index < -0.39 is 0 Å². The molecule has 0 rings (SSSR count). The highest BCUT2D eigenvalue weighted by atomic mass is 15.2. The summed E-state index contributed by atoms with van der Waals surface area (Å²) in [5.41, 5.74) is 0.958. The normalized spacial score (nSPS) is 12.8. The number of guanidine groups is 1. The lowest BCUT2D eigenvalue weighted by Gasteiger charge is -2.18. The summed E-state index contributed by atoms with van der Waals surface area (Å²) in [5, 5.41) is 7.75. The van der Waals surface area contributed by atoms with Crippen LogP contribution in [0.4, 0.5) is 0 Å². The molecule has 0 aromatic heterocycles. The molecule has 0 aromatic rings. The van der Waals surface area contributed by atoms with Crippen LogP contribution in [0.5, 0.6) is 0 Å². The minimum Gasteiger partial charge on any atom is -0.344 e. The van der Waals surface area contributed by atoms with Crippen molar-refractivity contribution in [2.75, 3.05) is 13.6 Å². The van der Waals surface area contributed by atoms with Crippen molar-refractivity contribution in [3.8, 4) is 0 Å². The van der Waals surface area contributed by atoms with Gasteiger partial charge in [0, 0.05) is 19.8 Å². The minimum atomic E-state index is 0.318. The number of nitrogens with one attached hydrogen (secondary N) is 1. The molecule has 0 spiro atoms. The number of hydrogen-bond donors (Lipinski definition) is 1. The van der Waals surface area contributed by atoms with Gasteiger partial charge in [0.25, 0.3) is 0 Å². The third kappa shape index (κ3) is 6.38. The standard InChI is InChI=1S/C13H25N3/c1-6-11(3)8-9-16(5)13(14)15-10-12(4)7-2/h10-11,14H,4,6-9H2,1-3,5H3/b14-13?,15-10-. The van der Waals surface area contributed by atoms with Crippen LogP contribution >= 0.6 is 0 Å². The lowest BCUT2D eigenvalue weighted by Crippen LogP contribution is -2.26. The van der Waals surface area contributed by atoms with Crippen LogP contribution in [0.2, 0.25) is 0 Å². The molecule has 92 valence electrons. The van der Waals surface area contributed by atoms with Crippen LogP contribution in [-0.2, 0) is 0 Å². The Morgan fingerprint density at radius 1 is 1.50 bits per heavy atom. The molecule has 3 heteroatoms. The number of rotatable bonds is 6. The molecular weight excluding hydrogens is 198 g/mol. The predicted octanol–water partition coefficient (Wildman–Crippen LogP) is 3.33. The fourth-order valence-electron chi connectivity index (χ4n) is 1.07. The lowest BCUT2D eigenvalue weighted by atomic mass is 10.1. The van der Waals surface area contributed by atoms with Crippen LogP contribution in [-0.4, -0.2) is 30.7 Å². The summed E-state index contributed by atoms with van der Waals surface area (Å²) in [4.78, 5) is 5.96. The van der Waals surface area contributed by atoms with Crippen molar-refractivity contribution in [1.82, 2.24) is 4.90 Å². The van der Waals surface area contributed by atoms with E-state index in [1.54, 1.807) is 6.21 Å². The molecule has 0 heterocycles. The Morgan fingerprint density at radius 3 is 2.62 bits per heavy atom. The monoisotopic (exact) mass is 223 g/mol. The average molecular weight is 223 g/mol. The van der Waals surface area contributed by atoms with Crippen LogP contribution in [0.1, 0.15) is 40.0 Å². The van der Waals surface area contributed by atoms with Gasteiger partial charge in [-0.25, -0.2) is 4.99 Å². The molecule has 3 nitrogen and oxygen atoms in total. The smallest absolute Gasteiger partial charge is 0.217 e. The Balaban J connectivity index is 3.99. The van der Waals surface area contributed by atoms with Gasteiger partial charge in [0.05, 0.1) is 0 Å². The minimum absolute atomic E-state index is 0.318. The molecule has 16 heavy (non-hydrogen) atoms. The van der Waals surface area contributed by atoms with E-state index in [1.165, 1.54) is 6.42 Å². The van der Waals surface area contributed by atoms with Crippen molar-refractivity contribution in [1.29, 1.82) is 5.41 Å². The maximum atomic E-state index is 7.75. The summed E-state index contributed by atoms with van der Waals surface area (Å²) in [6.45, 7) is 11.2. The van der Waals surface area contributed by atoms with Gasteiger partial charge in [0.15, 0.2) is 0 Å². The van der Waals surface area contributed by atoms with Crippen LogP contribution in [0.25, 0.3) is 0 Å². The van der Waals surface area contributed by atoms with E-state index >= 15 is 0 Å². The third-order valence-electron chi connectivity index (χ3n) is 2.84. The van der Waals surface area contributed by atoms with Crippen LogP contribution in [0.15, 0.2) is 17.1 Å². The molecule has 0 aromatic carbocycles. The summed E-state index contributed by atoms with van der Waals surface area (Å²) in [6.07, 6.45) is 4.87. The van der Waals surface area contributed by atoms with Gasteiger partial charge in [0.1, 0.15) is 0 Å². The highest BCUT2D eigenvalue weighted by Gasteiger charge is 2.04. The van der Waals surface area contributed by atoms with Gasteiger partial charge in [-0.05, 0) is 24.3 Å². The molecule has 1 atom stereocenters. The topological polar surface area (TPSA) is 39.5 Å². The maximum absolute atomic E-state index is 7.75. The second-order valence-electron chi connectivity index (χ2n) is 4.32. The molecule has 0 aliphatic heterocycles. The van der Waals surface area contributed by atoms with Gasteiger partial charge in [0.2, 0.25) is 5.96 Å². The SMILES string of the molecule is C=C(/C=N\C(=N)N(C)CCC(C)CC)CC. The first-order chi connectivity index (χ1) is 7.51. The zero-order chi connectivity index (χ0) is 12.6. The van der Waals surface area contributed by atoms with E-state index in [9.17, 15) is 0 Å². The quantitative estimate of drug-likeness (QED) is 0.544. The molecule has 1 N–H and O–H groups in total.